The summed E-state index contributed by atoms with van der Waals surface area (Å²) in [5.41, 5.74) is 4.25. The molecule has 0 radical (unpaired) electrons. The molecule has 3 aromatic rings. The smallest absolute Gasteiger partial charge is 0.0451 e. The zero-order valence-corrected chi connectivity index (χ0v) is 10.7. The number of benzene rings is 3. The van der Waals surface area contributed by atoms with Crippen LogP contribution in [0.5, 0.6) is 0 Å². The zero-order chi connectivity index (χ0) is 12.7. The Hall–Kier alpha value is -2.28. The van der Waals surface area contributed by atoms with E-state index in [0.717, 1.165) is 13.1 Å². The molecule has 0 fully saturated rings. The third-order valence-corrected chi connectivity index (χ3v) is 3.95. The molecule has 0 saturated heterocycles. The van der Waals surface area contributed by atoms with Crippen molar-refractivity contribution in [3.63, 3.8) is 0 Å². The van der Waals surface area contributed by atoms with Gasteiger partial charge in [-0.2, -0.15) is 0 Å². The van der Waals surface area contributed by atoms with Gasteiger partial charge in [0.2, 0.25) is 0 Å². The van der Waals surface area contributed by atoms with Crippen molar-refractivity contribution < 1.29 is 0 Å². The van der Waals surface area contributed by atoms with Crippen molar-refractivity contribution in [1.82, 2.24) is 0 Å². The molecule has 0 atom stereocenters. The molecule has 0 aromatic heterocycles. The Morgan fingerprint density at radius 3 is 2.05 bits per heavy atom. The van der Waals surface area contributed by atoms with Crippen LogP contribution in [0.15, 0.2) is 66.7 Å². The van der Waals surface area contributed by atoms with E-state index in [2.05, 4.69) is 71.6 Å². The van der Waals surface area contributed by atoms with E-state index in [4.69, 9.17) is 0 Å². The van der Waals surface area contributed by atoms with Gasteiger partial charge in [-0.3, -0.25) is 0 Å². The van der Waals surface area contributed by atoms with Crippen LogP contribution in [0.1, 0.15) is 11.1 Å². The Morgan fingerprint density at radius 1 is 0.632 bits per heavy atom. The van der Waals surface area contributed by atoms with Crippen LogP contribution in [-0.2, 0) is 13.1 Å². The number of rotatable bonds is 1. The van der Waals surface area contributed by atoms with E-state index in [-0.39, 0.29) is 0 Å². The number of anilines is 1. The quantitative estimate of drug-likeness (QED) is 0.615. The standard InChI is InChI=1S/C18H15N/c1-2-8-16-13-19(12-15(16)7-1)18-11-5-9-14-6-3-4-10-17(14)18/h1-11H,12-13H2. The Kier molecular flexibility index (Phi) is 2.31. The van der Waals surface area contributed by atoms with E-state index >= 15 is 0 Å². The lowest BCUT2D eigenvalue weighted by molar-refractivity contribution is 0.885. The first-order valence-electron chi connectivity index (χ1n) is 6.71. The molecule has 0 spiro atoms. The van der Waals surface area contributed by atoms with Crippen LogP contribution in [0.25, 0.3) is 10.8 Å². The van der Waals surface area contributed by atoms with Gasteiger partial charge in [-0.05, 0) is 22.6 Å². The van der Waals surface area contributed by atoms with E-state index in [1.165, 1.54) is 27.6 Å². The van der Waals surface area contributed by atoms with E-state index < -0.39 is 0 Å². The maximum Gasteiger partial charge on any atom is 0.0451 e. The van der Waals surface area contributed by atoms with Gasteiger partial charge in [-0.25, -0.2) is 0 Å². The summed E-state index contributed by atoms with van der Waals surface area (Å²) in [6.07, 6.45) is 0. The summed E-state index contributed by atoms with van der Waals surface area (Å²) in [6, 6.07) is 23.9. The van der Waals surface area contributed by atoms with Crippen LogP contribution >= 0.6 is 0 Å². The highest BCUT2D eigenvalue weighted by Crippen LogP contribution is 2.33. The van der Waals surface area contributed by atoms with Crippen LogP contribution in [0.2, 0.25) is 0 Å². The minimum Gasteiger partial charge on any atom is -0.362 e. The molecule has 92 valence electrons. The molecule has 0 unspecified atom stereocenters. The molecule has 1 heterocycles. The fraction of sp³-hybridized carbons (Fsp3) is 0.111. The van der Waals surface area contributed by atoms with Gasteiger partial charge in [0.05, 0.1) is 0 Å². The van der Waals surface area contributed by atoms with Crippen molar-refractivity contribution in [2.75, 3.05) is 4.90 Å². The van der Waals surface area contributed by atoms with Gasteiger partial charge in [0.1, 0.15) is 0 Å². The van der Waals surface area contributed by atoms with Crippen LogP contribution in [0, 0.1) is 0 Å². The summed E-state index contributed by atoms with van der Waals surface area (Å²) < 4.78 is 0. The van der Waals surface area contributed by atoms with Gasteiger partial charge in [0.25, 0.3) is 0 Å². The lowest BCUT2D eigenvalue weighted by Gasteiger charge is -2.20. The molecule has 19 heavy (non-hydrogen) atoms. The molecule has 0 aliphatic carbocycles. The molecule has 1 aliphatic heterocycles. The van der Waals surface area contributed by atoms with Crippen molar-refractivity contribution in [2.24, 2.45) is 0 Å². The Morgan fingerprint density at radius 2 is 1.26 bits per heavy atom. The second-order valence-electron chi connectivity index (χ2n) is 5.12. The second-order valence-corrected chi connectivity index (χ2v) is 5.12. The molecule has 1 nitrogen and oxygen atoms in total. The zero-order valence-electron chi connectivity index (χ0n) is 10.7. The topological polar surface area (TPSA) is 3.24 Å². The van der Waals surface area contributed by atoms with Crippen molar-refractivity contribution in [1.29, 1.82) is 0 Å². The molecule has 4 rings (SSSR count). The minimum absolute atomic E-state index is 1.02. The first kappa shape index (κ1) is 10.6. The molecule has 0 N–H and O–H groups in total. The fourth-order valence-corrected chi connectivity index (χ4v) is 2.99. The summed E-state index contributed by atoms with van der Waals surface area (Å²) >= 11 is 0. The largest absolute Gasteiger partial charge is 0.362 e. The third kappa shape index (κ3) is 1.70. The number of nitrogens with zero attached hydrogens (tertiary/aromatic N) is 1. The van der Waals surface area contributed by atoms with Crippen LogP contribution in [-0.4, -0.2) is 0 Å². The minimum atomic E-state index is 1.02. The molecule has 0 bridgehead atoms. The predicted octanol–water partition coefficient (Wildman–Crippen LogP) is 4.36. The maximum atomic E-state index is 2.47. The lowest BCUT2D eigenvalue weighted by atomic mass is 10.1. The van der Waals surface area contributed by atoms with Gasteiger partial charge in [0, 0.05) is 24.2 Å². The highest BCUT2D eigenvalue weighted by atomic mass is 15.1. The number of fused-ring (bicyclic) bond motifs is 2. The molecular formula is C18H15N. The van der Waals surface area contributed by atoms with E-state index in [1.807, 2.05) is 0 Å². The van der Waals surface area contributed by atoms with Crippen molar-refractivity contribution >= 4 is 16.5 Å². The molecule has 3 aromatic carbocycles. The summed E-state index contributed by atoms with van der Waals surface area (Å²) in [5, 5.41) is 2.66. The van der Waals surface area contributed by atoms with Crippen LogP contribution < -0.4 is 4.90 Å². The summed E-state index contributed by atoms with van der Waals surface area (Å²) in [4.78, 5) is 2.47. The fourth-order valence-electron chi connectivity index (χ4n) is 2.99. The monoisotopic (exact) mass is 245 g/mol. The molecule has 0 amide bonds. The maximum absolute atomic E-state index is 2.47. The Balaban J connectivity index is 1.81. The second kappa shape index (κ2) is 4.13. The first-order chi connectivity index (χ1) is 9.42. The van der Waals surface area contributed by atoms with Gasteiger partial charge in [0.15, 0.2) is 0 Å². The summed E-state index contributed by atoms with van der Waals surface area (Å²) in [5.74, 6) is 0. The van der Waals surface area contributed by atoms with Crippen LogP contribution in [0.3, 0.4) is 0 Å². The van der Waals surface area contributed by atoms with Crippen molar-refractivity contribution in [2.45, 2.75) is 13.1 Å². The van der Waals surface area contributed by atoms with Gasteiger partial charge in [-0.15, -0.1) is 0 Å². The average Bonchev–Trinajstić information content (AvgIpc) is 2.90. The molecular weight excluding hydrogens is 230 g/mol. The lowest BCUT2D eigenvalue weighted by Crippen LogP contribution is -2.14. The number of hydrogen-bond donors (Lipinski definition) is 0. The van der Waals surface area contributed by atoms with Gasteiger partial charge in [-0.1, -0.05) is 60.7 Å². The molecule has 1 aliphatic rings. The highest BCUT2D eigenvalue weighted by molar-refractivity contribution is 5.94. The summed E-state index contributed by atoms with van der Waals surface area (Å²) in [6.45, 7) is 2.04. The third-order valence-electron chi connectivity index (χ3n) is 3.95. The van der Waals surface area contributed by atoms with Gasteiger partial charge >= 0.3 is 0 Å². The normalized spacial score (nSPS) is 13.8. The predicted molar refractivity (Wildman–Crippen MR) is 80.3 cm³/mol. The Labute approximate surface area is 113 Å². The molecule has 0 saturated carbocycles. The first-order valence-corrected chi connectivity index (χ1v) is 6.71. The van der Waals surface area contributed by atoms with Gasteiger partial charge < -0.3 is 4.90 Å². The highest BCUT2D eigenvalue weighted by Gasteiger charge is 2.19. The van der Waals surface area contributed by atoms with E-state index in [0.29, 0.717) is 0 Å². The SMILES string of the molecule is c1ccc2c(c1)CN(c1cccc3ccccc13)C2. The van der Waals surface area contributed by atoms with E-state index in [1.54, 1.807) is 0 Å². The average molecular weight is 245 g/mol. The number of hydrogen-bond acceptors (Lipinski definition) is 1. The van der Waals surface area contributed by atoms with Crippen molar-refractivity contribution in [3.8, 4) is 0 Å². The van der Waals surface area contributed by atoms with Crippen molar-refractivity contribution in [3.05, 3.63) is 77.9 Å². The van der Waals surface area contributed by atoms with Crippen LogP contribution in [0.4, 0.5) is 5.69 Å². The van der Waals surface area contributed by atoms with E-state index in [9.17, 15) is 0 Å². The Bertz CT molecular complexity index is 715. The molecule has 1 heteroatoms. The summed E-state index contributed by atoms with van der Waals surface area (Å²) in [7, 11) is 0.